The molecule has 0 bridgehead atoms. The number of anilines is 2. The Morgan fingerprint density at radius 1 is 0.908 bits per heavy atom. The van der Waals surface area contributed by atoms with Crippen LogP contribution in [-0.2, 0) is 24.6 Å². The van der Waals surface area contributed by atoms with E-state index in [1.165, 1.54) is 40.6 Å². The molecule has 2 N–H and O–H groups in total. The van der Waals surface area contributed by atoms with Gasteiger partial charge in [0.2, 0.25) is 0 Å². The minimum Gasteiger partial charge on any atom is -0.381 e. The third kappa shape index (κ3) is 12.7. The van der Waals surface area contributed by atoms with Crippen LogP contribution in [0.2, 0.25) is 5.02 Å². The molecule has 2 fully saturated rings. The van der Waals surface area contributed by atoms with E-state index in [4.69, 9.17) is 16.3 Å². The molecule has 0 aromatic heterocycles. The molecule has 0 saturated carbocycles. The zero-order valence-electron chi connectivity index (χ0n) is 36.6. The first-order valence-corrected chi connectivity index (χ1v) is 26.3. The highest BCUT2D eigenvalue weighted by Gasteiger charge is 2.48. The van der Waals surface area contributed by atoms with Gasteiger partial charge in [0.15, 0.2) is 0 Å². The lowest BCUT2D eigenvalue weighted by atomic mass is 9.73. The van der Waals surface area contributed by atoms with Gasteiger partial charge in [0.1, 0.15) is 4.90 Å². The molecule has 4 aromatic rings. The number of hydrogen-bond donors (Lipinski definition) is 2. The topological polar surface area (TPSA) is 125 Å². The highest BCUT2D eigenvalue weighted by Crippen LogP contribution is 2.43. The Morgan fingerprint density at radius 3 is 2.25 bits per heavy atom. The molecule has 1 aliphatic carbocycles. The highest BCUT2D eigenvalue weighted by atomic mass is 35.5. The van der Waals surface area contributed by atoms with Crippen molar-refractivity contribution in [2.24, 2.45) is 11.3 Å². The maximum Gasteiger partial charge on any atom is 0.501 e. The van der Waals surface area contributed by atoms with E-state index in [0.717, 1.165) is 94.0 Å². The summed E-state index contributed by atoms with van der Waals surface area (Å²) < 4.78 is 103. The number of piperazine rings is 1. The molecule has 65 heavy (non-hydrogen) atoms. The predicted octanol–water partition coefficient (Wildman–Crippen LogP) is 10.3. The van der Waals surface area contributed by atoms with Gasteiger partial charge < -0.3 is 15.0 Å². The van der Waals surface area contributed by atoms with E-state index in [1.807, 2.05) is 47.2 Å². The second-order valence-corrected chi connectivity index (χ2v) is 23.0. The fourth-order valence-electron chi connectivity index (χ4n) is 8.80. The summed E-state index contributed by atoms with van der Waals surface area (Å²) in [5.41, 5.74) is -0.977. The van der Waals surface area contributed by atoms with Crippen LogP contribution in [-0.4, -0.2) is 90.9 Å². The predicted molar refractivity (Wildman–Crippen MR) is 253 cm³/mol. The number of nitrogens with zero attached hydrogens (tertiary/aromatic N) is 2. The molecule has 3 aliphatic rings. The number of amides is 1. The Balaban J connectivity index is 1.02. The van der Waals surface area contributed by atoms with Gasteiger partial charge in [0.25, 0.3) is 25.8 Å². The number of halogens is 4. The quantitative estimate of drug-likeness (QED) is 0.105. The second kappa shape index (κ2) is 20.8. The monoisotopic (exact) mass is 972 g/mol. The first-order chi connectivity index (χ1) is 30.9. The summed E-state index contributed by atoms with van der Waals surface area (Å²) in [4.78, 5) is 16.9. The van der Waals surface area contributed by atoms with E-state index in [2.05, 4.69) is 41.1 Å². The number of sulfone groups is 1. The van der Waals surface area contributed by atoms with Gasteiger partial charge in [0.05, 0.1) is 10.6 Å². The minimum absolute atomic E-state index is 0.00208. The van der Waals surface area contributed by atoms with Crippen molar-refractivity contribution in [3.05, 3.63) is 119 Å². The second-order valence-electron chi connectivity index (χ2n) is 17.9. The van der Waals surface area contributed by atoms with Crippen LogP contribution in [0.3, 0.4) is 0 Å². The van der Waals surface area contributed by atoms with Crippen molar-refractivity contribution in [2.75, 3.05) is 61.9 Å². The molecule has 2 saturated heterocycles. The molecule has 0 radical (unpaired) electrons. The standard InChI is InChI=1S/C48H56ClF3N4O6S3/c1-47(2)23-20-43(35-9-13-38(49)14-10-35)37(31-47)32-55-24-26-56(27-25-55)40-16-11-36(12-17-40)46(57)54-65(60,61)42-18-19-44(45(30-42)64(58,59)48(50,51)52)53-39(15-8-34-21-28-62-29-22-34)33-63-41-6-4-3-5-7-41/h3-7,9-14,16-19,30,34,39,53H,8,15,20-29,31-33H2,1-2H3,(H,54,57)/t39-/m0/s1. The largest absolute Gasteiger partial charge is 0.501 e. The first kappa shape index (κ1) is 48.9. The summed E-state index contributed by atoms with van der Waals surface area (Å²) in [7, 11) is -10.9. The average Bonchev–Trinajstić information content (AvgIpc) is 3.28. The molecule has 0 unspecified atom stereocenters. The van der Waals surface area contributed by atoms with Crippen LogP contribution in [0.5, 0.6) is 0 Å². The number of sulfonamides is 1. The molecule has 1 atom stereocenters. The van der Waals surface area contributed by atoms with Gasteiger partial charge in [-0.25, -0.2) is 21.6 Å². The van der Waals surface area contributed by atoms with Crippen molar-refractivity contribution in [1.82, 2.24) is 9.62 Å². The number of benzene rings is 4. The Morgan fingerprint density at radius 2 is 1.58 bits per heavy atom. The normalized spacial score (nSPS) is 18.3. The zero-order chi connectivity index (χ0) is 46.4. The molecule has 1 amide bonds. The van der Waals surface area contributed by atoms with E-state index in [1.54, 1.807) is 12.1 Å². The number of alkyl halides is 3. The SMILES string of the molecule is CC1(C)CCC(c2ccc(Cl)cc2)=C(CN2CCN(c3ccc(C(=O)NS(=O)(=O)c4ccc(N[C@@H](CCC5CCOCC5)CSc5ccccc5)c(S(=O)(=O)C(F)(F)F)c4)cc3)CC2)C1. The van der Waals surface area contributed by atoms with Gasteiger partial charge in [-0.3, -0.25) is 9.69 Å². The highest BCUT2D eigenvalue weighted by molar-refractivity contribution is 7.99. The van der Waals surface area contributed by atoms with E-state index in [9.17, 15) is 34.8 Å². The smallest absolute Gasteiger partial charge is 0.381 e. The summed E-state index contributed by atoms with van der Waals surface area (Å²) in [5.74, 6) is -0.280. The number of carbonyl (C=O) groups excluding carboxylic acids is 1. The molecule has 17 heteroatoms. The fraction of sp³-hybridized carbons (Fsp3) is 0.438. The van der Waals surface area contributed by atoms with Crippen molar-refractivity contribution < 1.29 is 39.5 Å². The van der Waals surface area contributed by atoms with E-state index < -0.39 is 47.1 Å². The van der Waals surface area contributed by atoms with Crippen LogP contribution in [0.25, 0.3) is 5.57 Å². The lowest BCUT2D eigenvalue weighted by molar-refractivity contribution is -0.0435. The lowest BCUT2D eigenvalue weighted by Crippen LogP contribution is -2.47. The Bertz CT molecular complexity index is 2530. The van der Waals surface area contributed by atoms with Crippen molar-refractivity contribution >= 4 is 66.1 Å². The van der Waals surface area contributed by atoms with E-state index in [-0.39, 0.29) is 16.7 Å². The number of allylic oxidation sites excluding steroid dienone is 1. The number of thioether (sulfide) groups is 1. The number of ether oxygens (including phenoxy) is 1. The molecule has 7 rings (SSSR count). The maximum atomic E-state index is 14.2. The minimum atomic E-state index is -6.04. The summed E-state index contributed by atoms with van der Waals surface area (Å²) in [6.45, 7) is 9.87. The Kier molecular flexibility index (Phi) is 15.7. The summed E-state index contributed by atoms with van der Waals surface area (Å²) in [6.07, 6.45) is 6.10. The Labute approximate surface area is 390 Å². The molecule has 2 aliphatic heterocycles. The lowest BCUT2D eigenvalue weighted by Gasteiger charge is -2.39. The van der Waals surface area contributed by atoms with Crippen LogP contribution in [0.4, 0.5) is 24.5 Å². The van der Waals surface area contributed by atoms with Crippen molar-refractivity contribution in [3.63, 3.8) is 0 Å². The summed E-state index contributed by atoms with van der Waals surface area (Å²) >= 11 is 7.66. The van der Waals surface area contributed by atoms with Gasteiger partial charge in [-0.1, -0.05) is 61.4 Å². The van der Waals surface area contributed by atoms with Crippen LogP contribution in [0.1, 0.15) is 74.7 Å². The van der Waals surface area contributed by atoms with Gasteiger partial charge in [-0.2, -0.15) is 13.2 Å². The van der Waals surface area contributed by atoms with Gasteiger partial charge in [-0.15, -0.1) is 11.8 Å². The molecular weight excluding hydrogens is 917 g/mol. The molecule has 2 heterocycles. The molecule has 4 aromatic carbocycles. The number of carbonyl (C=O) groups is 1. The van der Waals surface area contributed by atoms with Crippen LogP contribution < -0.4 is 14.9 Å². The average molecular weight is 974 g/mol. The number of nitrogens with one attached hydrogen (secondary N) is 2. The summed E-state index contributed by atoms with van der Waals surface area (Å²) in [5, 5.41) is 3.74. The van der Waals surface area contributed by atoms with Gasteiger partial charge in [0, 0.05) is 78.9 Å². The van der Waals surface area contributed by atoms with Crippen molar-refractivity contribution in [3.8, 4) is 0 Å². The molecule has 350 valence electrons. The van der Waals surface area contributed by atoms with Gasteiger partial charge >= 0.3 is 5.51 Å². The molecule has 10 nitrogen and oxygen atoms in total. The van der Waals surface area contributed by atoms with E-state index >= 15 is 0 Å². The van der Waals surface area contributed by atoms with Crippen LogP contribution >= 0.6 is 23.4 Å². The van der Waals surface area contributed by atoms with E-state index in [0.29, 0.717) is 42.4 Å². The van der Waals surface area contributed by atoms with Crippen LogP contribution in [0.15, 0.2) is 117 Å². The first-order valence-electron chi connectivity index (χ1n) is 22.0. The van der Waals surface area contributed by atoms with Crippen LogP contribution in [0, 0.1) is 11.3 Å². The van der Waals surface area contributed by atoms with Crippen molar-refractivity contribution in [1.29, 1.82) is 0 Å². The zero-order valence-corrected chi connectivity index (χ0v) is 39.8. The third-order valence-electron chi connectivity index (χ3n) is 12.5. The fourth-order valence-corrected chi connectivity index (χ4v) is 11.9. The summed E-state index contributed by atoms with van der Waals surface area (Å²) in [6, 6.07) is 25.9. The van der Waals surface area contributed by atoms with Gasteiger partial charge in [-0.05, 0) is 134 Å². The molecular formula is C48H56ClF3N4O6S3. The Hall–Kier alpha value is -4.06. The number of hydrogen-bond acceptors (Lipinski definition) is 10. The van der Waals surface area contributed by atoms with Crippen molar-refractivity contribution in [2.45, 2.75) is 85.0 Å². The third-order valence-corrected chi connectivity index (χ3v) is 16.8. The molecule has 0 spiro atoms. The number of rotatable bonds is 16. The maximum absolute atomic E-state index is 14.2.